The molecule has 4 atom stereocenters. The molecule has 4 nitrogen and oxygen atoms in total. The molecule has 2 N–H and O–H groups in total. The van der Waals surface area contributed by atoms with E-state index in [4.69, 9.17) is 11.6 Å². The molecular weight excluding hydrogens is 380 g/mol. The summed E-state index contributed by atoms with van der Waals surface area (Å²) in [5, 5.41) is 6.17. The van der Waals surface area contributed by atoms with Crippen molar-refractivity contribution in [2.24, 2.45) is 11.8 Å². The molecule has 2 aromatic carbocycles. The van der Waals surface area contributed by atoms with Gasteiger partial charge in [-0.15, -0.1) is 11.8 Å². The maximum absolute atomic E-state index is 12.7. The summed E-state index contributed by atoms with van der Waals surface area (Å²) in [6.07, 6.45) is 1.27. The Morgan fingerprint density at radius 1 is 1.30 bits per heavy atom. The summed E-state index contributed by atoms with van der Waals surface area (Å²) >= 11 is 7.40. The van der Waals surface area contributed by atoms with Crippen LogP contribution in [0.2, 0.25) is 5.02 Å². The summed E-state index contributed by atoms with van der Waals surface area (Å²) in [6.45, 7) is 2.21. The number of nitrogens with one attached hydrogen (secondary N) is 2. The quantitative estimate of drug-likeness (QED) is 0.767. The number of anilines is 1. The van der Waals surface area contributed by atoms with Gasteiger partial charge in [0.2, 0.25) is 11.8 Å². The molecule has 1 aliphatic heterocycles. The van der Waals surface area contributed by atoms with Crippen LogP contribution in [0.4, 0.5) is 5.69 Å². The van der Waals surface area contributed by atoms with Gasteiger partial charge in [-0.05, 0) is 42.0 Å². The maximum Gasteiger partial charge on any atom is 0.238 e. The van der Waals surface area contributed by atoms with Crippen LogP contribution in [0, 0.1) is 11.8 Å². The van der Waals surface area contributed by atoms with E-state index in [2.05, 4.69) is 29.7 Å². The van der Waals surface area contributed by atoms with Gasteiger partial charge in [0.1, 0.15) is 0 Å². The van der Waals surface area contributed by atoms with Gasteiger partial charge < -0.3 is 10.6 Å². The molecule has 1 heterocycles. The number of benzene rings is 2. The lowest BCUT2D eigenvalue weighted by molar-refractivity contribution is -0.124. The highest BCUT2D eigenvalue weighted by Gasteiger charge is 2.41. The van der Waals surface area contributed by atoms with Crippen LogP contribution in [0.1, 0.15) is 31.4 Å². The largest absolute Gasteiger partial charge is 0.349 e. The van der Waals surface area contributed by atoms with E-state index in [-0.39, 0.29) is 24.3 Å². The van der Waals surface area contributed by atoms with E-state index < -0.39 is 5.25 Å². The van der Waals surface area contributed by atoms with Crippen molar-refractivity contribution >= 4 is 40.9 Å². The summed E-state index contributed by atoms with van der Waals surface area (Å²) in [7, 11) is 0. The first-order chi connectivity index (χ1) is 13.0. The van der Waals surface area contributed by atoms with Crippen molar-refractivity contribution in [1.82, 2.24) is 5.32 Å². The second-order valence-electron chi connectivity index (χ2n) is 7.27. The highest BCUT2D eigenvalue weighted by atomic mass is 35.5. The second kappa shape index (κ2) is 7.56. The third kappa shape index (κ3) is 4.14. The Bertz CT molecular complexity index is 874. The predicted molar refractivity (Wildman–Crippen MR) is 109 cm³/mol. The van der Waals surface area contributed by atoms with Gasteiger partial charge in [0.15, 0.2) is 0 Å². The average Bonchev–Trinajstić information content (AvgIpc) is 3.37. The van der Waals surface area contributed by atoms with Crippen LogP contribution >= 0.6 is 23.4 Å². The number of fused-ring (bicyclic) bond motifs is 1. The Morgan fingerprint density at radius 3 is 2.74 bits per heavy atom. The number of amides is 2. The lowest BCUT2D eigenvalue weighted by Gasteiger charge is -2.25. The Balaban J connectivity index is 1.44. The van der Waals surface area contributed by atoms with Crippen molar-refractivity contribution in [3.8, 4) is 0 Å². The summed E-state index contributed by atoms with van der Waals surface area (Å²) in [5.74, 6) is 0.834. The van der Waals surface area contributed by atoms with Gasteiger partial charge in [-0.3, -0.25) is 9.59 Å². The monoisotopic (exact) mass is 400 g/mol. The first-order valence-electron chi connectivity index (χ1n) is 9.12. The highest BCUT2D eigenvalue weighted by Crippen LogP contribution is 2.47. The van der Waals surface area contributed by atoms with Crippen molar-refractivity contribution in [2.45, 2.75) is 36.0 Å². The number of rotatable bonds is 5. The number of hydrogen-bond acceptors (Lipinski definition) is 3. The zero-order valence-electron chi connectivity index (χ0n) is 14.9. The van der Waals surface area contributed by atoms with Crippen LogP contribution in [0.3, 0.4) is 0 Å². The molecule has 2 amide bonds. The van der Waals surface area contributed by atoms with Crippen LogP contribution in [-0.4, -0.2) is 17.1 Å². The second-order valence-corrected chi connectivity index (χ2v) is 8.95. The zero-order chi connectivity index (χ0) is 19.0. The summed E-state index contributed by atoms with van der Waals surface area (Å²) in [6, 6.07) is 15.5. The van der Waals surface area contributed by atoms with Crippen molar-refractivity contribution in [3.63, 3.8) is 0 Å². The molecule has 0 radical (unpaired) electrons. The topological polar surface area (TPSA) is 58.2 Å². The molecule has 2 aromatic rings. The van der Waals surface area contributed by atoms with Crippen molar-refractivity contribution in [1.29, 1.82) is 0 Å². The van der Waals surface area contributed by atoms with Crippen LogP contribution in [-0.2, 0) is 9.59 Å². The molecule has 1 aliphatic carbocycles. The van der Waals surface area contributed by atoms with Crippen LogP contribution < -0.4 is 10.6 Å². The molecule has 27 heavy (non-hydrogen) atoms. The van der Waals surface area contributed by atoms with E-state index in [0.717, 1.165) is 16.9 Å². The van der Waals surface area contributed by atoms with Gasteiger partial charge in [-0.1, -0.05) is 48.9 Å². The number of carbonyl (C=O) groups is 2. The van der Waals surface area contributed by atoms with Gasteiger partial charge in [0, 0.05) is 16.3 Å². The zero-order valence-corrected chi connectivity index (χ0v) is 16.5. The van der Waals surface area contributed by atoms with Crippen LogP contribution in [0.25, 0.3) is 0 Å². The van der Waals surface area contributed by atoms with Crippen LogP contribution in [0.15, 0.2) is 53.4 Å². The van der Waals surface area contributed by atoms with E-state index in [0.29, 0.717) is 22.5 Å². The molecule has 6 heteroatoms. The molecule has 1 fully saturated rings. The number of hydrogen-bond donors (Lipinski definition) is 2. The summed E-state index contributed by atoms with van der Waals surface area (Å²) in [4.78, 5) is 26.1. The third-order valence-electron chi connectivity index (χ3n) is 5.21. The lowest BCUT2D eigenvalue weighted by atomic mass is 10.0. The minimum atomic E-state index is -0.438. The van der Waals surface area contributed by atoms with Crippen molar-refractivity contribution in [3.05, 3.63) is 59.1 Å². The normalized spacial score (nSPS) is 24.5. The number of halogens is 1. The highest BCUT2D eigenvalue weighted by molar-refractivity contribution is 8.01. The third-order valence-corrected chi connectivity index (χ3v) is 6.72. The lowest BCUT2D eigenvalue weighted by Crippen LogP contribution is -2.37. The van der Waals surface area contributed by atoms with E-state index in [9.17, 15) is 9.59 Å². The fourth-order valence-electron chi connectivity index (χ4n) is 3.57. The van der Waals surface area contributed by atoms with Crippen molar-refractivity contribution in [2.75, 3.05) is 5.32 Å². The van der Waals surface area contributed by atoms with Gasteiger partial charge in [0.25, 0.3) is 0 Å². The molecule has 0 aromatic heterocycles. The molecule has 4 unspecified atom stereocenters. The summed E-state index contributed by atoms with van der Waals surface area (Å²) < 4.78 is 0. The Labute approximate surface area is 168 Å². The van der Waals surface area contributed by atoms with E-state index in [1.807, 2.05) is 24.3 Å². The minimum absolute atomic E-state index is 0.0106. The van der Waals surface area contributed by atoms with Gasteiger partial charge in [-0.2, -0.15) is 0 Å². The first-order valence-corrected chi connectivity index (χ1v) is 10.4. The summed E-state index contributed by atoms with van der Waals surface area (Å²) in [5.41, 5.74) is 1.84. The first kappa shape index (κ1) is 18.4. The predicted octanol–water partition coefficient (Wildman–Crippen LogP) is 4.66. The molecule has 2 aliphatic rings. The Kier molecular flexibility index (Phi) is 5.15. The molecule has 1 saturated carbocycles. The molecule has 0 saturated heterocycles. The SMILES string of the molecule is CC1CC1C(NC(=O)CC1Sc2ccc(Cl)cc2NC1=O)c1ccccc1. The minimum Gasteiger partial charge on any atom is -0.349 e. The van der Waals surface area contributed by atoms with E-state index in [1.165, 1.54) is 11.8 Å². The molecule has 140 valence electrons. The smallest absolute Gasteiger partial charge is 0.238 e. The van der Waals surface area contributed by atoms with Gasteiger partial charge in [-0.25, -0.2) is 0 Å². The Hall–Kier alpha value is -1.98. The van der Waals surface area contributed by atoms with Gasteiger partial charge in [0.05, 0.1) is 17.0 Å². The van der Waals surface area contributed by atoms with Crippen molar-refractivity contribution < 1.29 is 9.59 Å². The number of carbonyl (C=O) groups excluding carboxylic acids is 2. The standard InChI is InChI=1S/C21H21ClN2O2S/c1-12-9-15(12)20(13-5-3-2-4-6-13)24-19(25)11-18-21(26)23-16-10-14(22)7-8-17(16)27-18/h2-8,10,12,15,18,20H,9,11H2,1H3,(H,23,26)(H,24,25). The molecule has 0 spiro atoms. The number of thioether (sulfide) groups is 1. The Morgan fingerprint density at radius 2 is 2.04 bits per heavy atom. The van der Waals surface area contributed by atoms with E-state index in [1.54, 1.807) is 12.1 Å². The fourth-order valence-corrected chi connectivity index (χ4v) is 4.83. The molecular formula is C21H21ClN2O2S. The molecule has 4 rings (SSSR count). The maximum atomic E-state index is 12.7. The van der Waals surface area contributed by atoms with Crippen LogP contribution in [0.5, 0.6) is 0 Å². The molecule has 0 bridgehead atoms. The van der Waals surface area contributed by atoms with Gasteiger partial charge >= 0.3 is 0 Å². The average molecular weight is 401 g/mol. The van der Waals surface area contributed by atoms with E-state index >= 15 is 0 Å². The fraction of sp³-hybridized carbons (Fsp3) is 0.333.